The van der Waals surface area contributed by atoms with Crippen LogP contribution >= 0.6 is 0 Å². The summed E-state index contributed by atoms with van der Waals surface area (Å²) >= 11 is 0. The first kappa shape index (κ1) is 24.9. The lowest BCUT2D eigenvalue weighted by molar-refractivity contribution is -0.118. The maximum Gasteiger partial charge on any atom is 0.323 e. The van der Waals surface area contributed by atoms with Crippen LogP contribution in [0.2, 0.25) is 0 Å². The molecule has 0 aliphatic heterocycles. The minimum atomic E-state index is -0.369. The van der Waals surface area contributed by atoms with Crippen molar-refractivity contribution in [2.24, 2.45) is 0 Å². The fraction of sp³-hybridized carbons (Fsp3) is 0.207. The van der Waals surface area contributed by atoms with Gasteiger partial charge in [0.1, 0.15) is 11.5 Å². The number of hydrogen-bond donors (Lipinski definition) is 3. The van der Waals surface area contributed by atoms with Crippen LogP contribution in [-0.2, 0) is 11.2 Å². The number of aromatic nitrogens is 3. The third kappa shape index (κ3) is 5.31. The average molecular weight is 509 g/mol. The van der Waals surface area contributed by atoms with E-state index in [0.29, 0.717) is 34.6 Å². The lowest BCUT2D eigenvalue weighted by atomic mass is 9.97. The molecule has 0 spiro atoms. The van der Waals surface area contributed by atoms with Gasteiger partial charge in [0.15, 0.2) is 0 Å². The molecule has 9 nitrogen and oxygen atoms in total. The number of hydrogen-bond acceptors (Lipinski definition) is 7. The number of fused-ring (bicyclic) bond motifs is 1. The van der Waals surface area contributed by atoms with E-state index in [1.807, 2.05) is 43.3 Å². The van der Waals surface area contributed by atoms with Crippen LogP contribution < -0.4 is 20.7 Å². The first-order chi connectivity index (χ1) is 18.4. The zero-order valence-corrected chi connectivity index (χ0v) is 21.4. The van der Waals surface area contributed by atoms with Gasteiger partial charge in [0, 0.05) is 36.7 Å². The van der Waals surface area contributed by atoms with Gasteiger partial charge in [-0.2, -0.15) is 0 Å². The predicted molar refractivity (Wildman–Crippen MR) is 147 cm³/mol. The molecule has 2 aromatic carbocycles. The molecule has 3 N–H and O–H groups in total. The summed E-state index contributed by atoms with van der Waals surface area (Å²) in [7, 11) is 1.76. The largest absolute Gasteiger partial charge is 0.438 e. The highest BCUT2D eigenvalue weighted by Gasteiger charge is 2.26. The Morgan fingerprint density at radius 1 is 0.974 bits per heavy atom. The van der Waals surface area contributed by atoms with E-state index in [9.17, 15) is 9.59 Å². The van der Waals surface area contributed by atoms with E-state index in [4.69, 9.17) is 4.74 Å². The van der Waals surface area contributed by atoms with Gasteiger partial charge in [0.2, 0.25) is 11.8 Å². The highest BCUT2D eigenvalue weighted by molar-refractivity contribution is 6.00. The van der Waals surface area contributed by atoms with Crippen LogP contribution in [0.25, 0.3) is 11.3 Å². The molecule has 5 rings (SSSR count). The van der Waals surface area contributed by atoms with Crippen LogP contribution in [0.5, 0.6) is 11.6 Å². The molecule has 38 heavy (non-hydrogen) atoms. The third-order valence-electron chi connectivity index (χ3n) is 6.54. The zero-order chi connectivity index (χ0) is 26.6. The van der Waals surface area contributed by atoms with Crippen molar-refractivity contribution in [3.63, 3.8) is 0 Å². The highest BCUT2D eigenvalue weighted by atomic mass is 16.5. The molecule has 0 bridgehead atoms. The van der Waals surface area contributed by atoms with Crippen molar-refractivity contribution in [1.82, 2.24) is 15.0 Å². The number of Topliss-reactive ketones (excluding diaryl/α,β-unsaturated/α-hetero) is 1. The van der Waals surface area contributed by atoms with Gasteiger partial charge in [-0.3, -0.25) is 4.79 Å². The Morgan fingerprint density at radius 2 is 1.76 bits per heavy atom. The summed E-state index contributed by atoms with van der Waals surface area (Å²) in [5.41, 5.74) is 5.67. The van der Waals surface area contributed by atoms with Gasteiger partial charge in [-0.1, -0.05) is 6.07 Å². The van der Waals surface area contributed by atoms with E-state index in [0.717, 1.165) is 29.5 Å². The van der Waals surface area contributed by atoms with Gasteiger partial charge < -0.3 is 20.7 Å². The Bertz CT molecular complexity index is 1520. The normalized spacial score (nSPS) is 13.9. The third-order valence-corrected chi connectivity index (χ3v) is 6.54. The smallest absolute Gasteiger partial charge is 0.323 e. The summed E-state index contributed by atoms with van der Waals surface area (Å²) in [4.78, 5) is 37.7. The lowest BCUT2D eigenvalue weighted by Crippen LogP contribution is -2.19. The first-order valence-electron chi connectivity index (χ1n) is 12.4. The molecule has 1 atom stereocenters. The van der Waals surface area contributed by atoms with Gasteiger partial charge in [0.05, 0.1) is 11.3 Å². The highest BCUT2D eigenvalue weighted by Crippen LogP contribution is 2.36. The zero-order valence-electron chi connectivity index (χ0n) is 21.4. The van der Waals surface area contributed by atoms with Crippen molar-refractivity contribution in [2.75, 3.05) is 23.0 Å². The van der Waals surface area contributed by atoms with Crippen molar-refractivity contribution >= 4 is 29.1 Å². The molecule has 2 amide bonds. The summed E-state index contributed by atoms with van der Waals surface area (Å²) in [6.07, 6.45) is 5.04. The van der Waals surface area contributed by atoms with Gasteiger partial charge in [-0.15, -0.1) is 0 Å². The molecule has 0 fully saturated rings. The number of nitrogens with one attached hydrogen (secondary N) is 3. The Morgan fingerprint density at radius 3 is 2.53 bits per heavy atom. The Kier molecular flexibility index (Phi) is 6.99. The van der Waals surface area contributed by atoms with Crippen LogP contribution in [-0.4, -0.2) is 33.8 Å². The number of benzene rings is 2. The lowest BCUT2D eigenvalue weighted by Gasteiger charge is -2.14. The van der Waals surface area contributed by atoms with Gasteiger partial charge in [-0.25, -0.2) is 19.7 Å². The topological polar surface area (TPSA) is 118 Å². The molecular formula is C29H28N6O3. The number of ether oxygens (including phenoxy) is 1. The first-order valence-corrected chi connectivity index (χ1v) is 12.4. The maximum atomic E-state index is 12.7. The Hall–Kier alpha value is -4.79. The van der Waals surface area contributed by atoms with E-state index in [1.54, 1.807) is 44.6 Å². The fourth-order valence-corrected chi connectivity index (χ4v) is 4.64. The number of anilines is 3. The van der Waals surface area contributed by atoms with Gasteiger partial charge >= 0.3 is 6.03 Å². The average Bonchev–Trinajstić information content (AvgIpc) is 3.34. The number of ketones is 1. The van der Waals surface area contributed by atoms with E-state index in [2.05, 4.69) is 30.9 Å². The van der Waals surface area contributed by atoms with E-state index in [1.165, 1.54) is 5.56 Å². The SMILES string of the molecule is CNc1nccc(-c2cccnc2Oc2ccc(NC(=O)Nc3ccc4c(c3)C(C(C)=O)CC4)cc2C)n1. The van der Waals surface area contributed by atoms with Crippen LogP contribution in [0, 0.1) is 6.92 Å². The second kappa shape index (κ2) is 10.7. The number of carbonyl (C=O) groups excluding carboxylic acids is 2. The number of urea groups is 1. The molecule has 0 saturated carbocycles. The standard InChI is InChI=1S/C29H28N6O3/c1-17-15-20(33-29(37)34-21-8-6-19-7-10-22(18(2)36)24(19)16-21)9-11-26(17)38-27-23(5-4-13-31-27)25-12-14-32-28(30-3)35-25/h4-6,8-9,11-16,22H,7,10H2,1-3H3,(H,30,32,35)(H2,33,34,37). The number of carbonyl (C=O) groups is 2. The second-order valence-electron chi connectivity index (χ2n) is 9.15. The second-order valence-corrected chi connectivity index (χ2v) is 9.15. The summed E-state index contributed by atoms with van der Waals surface area (Å²) in [5.74, 6) is 1.58. The van der Waals surface area contributed by atoms with Crippen molar-refractivity contribution in [1.29, 1.82) is 0 Å². The van der Waals surface area contributed by atoms with Crippen LogP contribution in [0.3, 0.4) is 0 Å². The van der Waals surface area contributed by atoms with E-state index >= 15 is 0 Å². The van der Waals surface area contributed by atoms with Crippen molar-refractivity contribution < 1.29 is 14.3 Å². The number of amides is 2. The minimum Gasteiger partial charge on any atom is -0.438 e. The van der Waals surface area contributed by atoms with Gasteiger partial charge in [0.25, 0.3) is 0 Å². The van der Waals surface area contributed by atoms with Crippen LogP contribution in [0.15, 0.2) is 67.0 Å². The number of pyridine rings is 1. The van der Waals surface area contributed by atoms with Crippen molar-refractivity contribution in [2.45, 2.75) is 32.6 Å². The molecule has 1 aliphatic carbocycles. The summed E-state index contributed by atoms with van der Waals surface area (Å²) in [5, 5.41) is 8.66. The molecule has 9 heteroatoms. The summed E-state index contributed by atoms with van der Waals surface area (Å²) < 4.78 is 6.15. The summed E-state index contributed by atoms with van der Waals surface area (Å²) in [6, 6.07) is 16.3. The molecule has 0 radical (unpaired) electrons. The number of nitrogens with zero attached hydrogens (tertiary/aromatic N) is 3. The Labute approximate surface area is 220 Å². The van der Waals surface area contributed by atoms with Crippen LogP contribution in [0.4, 0.5) is 22.1 Å². The molecule has 4 aromatic rings. The number of aryl methyl sites for hydroxylation is 2. The van der Waals surface area contributed by atoms with Crippen LogP contribution in [0.1, 0.15) is 36.0 Å². The molecular weight excluding hydrogens is 480 g/mol. The molecule has 192 valence electrons. The summed E-state index contributed by atoms with van der Waals surface area (Å²) in [6.45, 7) is 3.51. The fourth-order valence-electron chi connectivity index (χ4n) is 4.64. The quantitative estimate of drug-likeness (QED) is 0.283. The maximum absolute atomic E-state index is 12.7. The van der Waals surface area contributed by atoms with Crippen molar-refractivity contribution in [3.05, 3.63) is 83.7 Å². The van der Waals surface area contributed by atoms with E-state index in [-0.39, 0.29) is 17.7 Å². The van der Waals surface area contributed by atoms with Gasteiger partial charge in [-0.05, 0) is 91.9 Å². The van der Waals surface area contributed by atoms with Crippen molar-refractivity contribution in [3.8, 4) is 22.9 Å². The van der Waals surface area contributed by atoms with E-state index < -0.39 is 0 Å². The molecule has 0 saturated heterocycles. The molecule has 2 aromatic heterocycles. The minimum absolute atomic E-state index is 0.0932. The monoisotopic (exact) mass is 508 g/mol. The molecule has 1 unspecified atom stereocenters. The number of rotatable bonds is 7. The molecule has 1 aliphatic rings. The Balaban J connectivity index is 1.28. The predicted octanol–water partition coefficient (Wildman–Crippen LogP) is 5.94. The molecule has 2 heterocycles.